The van der Waals surface area contributed by atoms with Crippen LogP contribution in [-0.4, -0.2) is 49.5 Å². The Labute approximate surface area is 190 Å². The molecule has 3 rings (SSSR count). The lowest BCUT2D eigenvalue weighted by Gasteiger charge is -2.33. The molecule has 5 nitrogen and oxygen atoms in total. The van der Waals surface area contributed by atoms with Crippen molar-refractivity contribution in [2.45, 2.75) is 55.3 Å². The third-order valence-corrected chi connectivity index (χ3v) is 8.76. The topological polar surface area (TPSA) is 57.7 Å². The summed E-state index contributed by atoms with van der Waals surface area (Å²) in [5.74, 6) is -0.292. The van der Waals surface area contributed by atoms with Crippen molar-refractivity contribution >= 4 is 27.3 Å². The van der Waals surface area contributed by atoms with Crippen molar-refractivity contribution in [2.75, 3.05) is 20.6 Å². The third kappa shape index (κ3) is 4.97. The van der Waals surface area contributed by atoms with Gasteiger partial charge in [0, 0.05) is 24.7 Å². The molecule has 0 aliphatic heterocycles. The molecule has 0 atom stereocenters. The quantitative estimate of drug-likeness (QED) is 0.578. The summed E-state index contributed by atoms with van der Waals surface area (Å²) in [5, 5.41) is 0.471. The summed E-state index contributed by atoms with van der Waals surface area (Å²) in [5.41, 5.74) is 2.19. The average Bonchev–Trinajstić information content (AvgIpc) is 3.24. The molecule has 1 fully saturated rings. The zero-order valence-corrected chi connectivity index (χ0v) is 20.0. The van der Waals surface area contributed by atoms with E-state index < -0.39 is 14.6 Å². The van der Waals surface area contributed by atoms with Gasteiger partial charge in [-0.15, -0.1) is 0 Å². The van der Waals surface area contributed by atoms with Gasteiger partial charge in [0.1, 0.15) is 0 Å². The maximum absolute atomic E-state index is 13.7. The zero-order valence-electron chi connectivity index (χ0n) is 18.5. The van der Waals surface area contributed by atoms with Gasteiger partial charge in [0.05, 0.1) is 4.90 Å². The number of rotatable bonds is 8. The van der Waals surface area contributed by atoms with Crippen LogP contribution in [0.5, 0.6) is 0 Å². The summed E-state index contributed by atoms with van der Waals surface area (Å²) in [6.07, 6.45) is 2.18. The van der Waals surface area contributed by atoms with Gasteiger partial charge in [-0.3, -0.25) is 4.79 Å². The predicted octanol–water partition coefficient (Wildman–Crippen LogP) is 4.54. The Hall–Kier alpha value is -1.89. The Bertz CT molecular complexity index is 996. The third-order valence-electron chi connectivity index (χ3n) is 6.00. The number of benzene rings is 2. The van der Waals surface area contributed by atoms with Gasteiger partial charge >= 0.3 is 0 Å². The van der Waals surface area contributed by atoms with Crippen molar-refractivity contribution in [3.63, 3.8) is 0 Å². The fourth-order valence-corrected chi connectivity index (χ4v) is 6.59. The maximum atomic E-state index is 13.7. The number of halogens is 1. The predicted molar refractivity (Wildman–Crippen MR) is 125 cm³/mol. The highest BCUT2D eigenvalue weighted by Crippen LogP contribution is 2.42. The van der Waals surface area contributed by atoms with E-state index in [0.717, 1.165) is 24.9 Å². The van der Waals surface area contributed by atoms with Crippen LogP contribution in [0.3, 0.4) is 0 Å². The maximum Gasteiger partial charge on any atom is 0.244 e. The highest BCUT2D eigenvalue weighted by Gasteiger charge is 2.54. The van der Waals surface area contributed by atoms with E-state index in [4.69, 9.17) is 11.6 Å². The van der Waals surface area contributed by atoms with Crippen LogP contribution in [0.1, 0.15) is 43.7 Å². The molecule has 0 N–H and O–H groups in total. The second kappa shape index (κ2) is 9.72. The summed E-state index contributed by atoms with van der Waals surface area (Å²) in [7, 11) is 0.204. The van der Waals surface area contributed by atoms with Crippen molar-refractivity contribution in [1.29, 1.82) is 0 Å². The lowest BCUT2D eigenvalue weighted by Crippen LogP contribution is -2.52. The molecule has 2 aromatic carbocycles. The highest BCUT2D eigenvalue weighted by molar-refractivity contribution is 7.93. The number of hydrogen-bond donors (Lipinski definition) is 0. The second-order valence-electron chi connectivity index (χ2n) is 8.53. The molecule has 31 heavy (non-hydrogen) atoms. The minimum Gasteiger partial charge on any atom is -0.337 e. The first-order valence-corrected chi connectivity index (χ1v) is 12.6. The summed E-state index contributed by atoms with van der Waals surface area (Å²) < 4.78 is 25.9. The fourth-order valence-electron chi connectivity index (χ4n) is 4.33. The van der Waals surface area contributed by atoms with E-state index in [1.165, 1.54) is 17.7 Å². The average molecular weight is 463 g/mol. The van der Waals surface area contributed by atoms with Crippen molar-refractivity contribution in [1.82, 2.24) is 9.80 Å². The lowest BCUT2D eigenvalue weighted by molar-refractivity contribution is -0.134. The van der Waals surface area contributed by atoms with Crippen molar-refractivity contribution in [3.8, 4) is 0 Å². The molecule has 1 saturated carbocycles. The molecular formula is C24H31ClN2O3S. The molecule has 168 valence electrons. The second-order valence-corrected chi connectivity index (χ2v) is 11.2. The molecule has 2 aromatic rings. The molecule has 7 heteroatoms. The van der Waals surface area contributed by atoms with E-state index in [1.807, 2.05) is 33.2 Å². The standard InChI is InChI=1S/C24H31ClN2O3S/c1-4-27(18-20-9-7-19(8-10-20)17-26(2)3)23(28)24(15-5-6-16-24)31(29,30)22-13-11-21(25)12-14-22/h7-14H,4-6,15-18H2,1-3H3. The minimum absolute atomic E-state index is 0.163. The zero-order chi connectivity index (χ0) is 22.6. The number of nitrogens with zero attached hydrogens (tertiary/aromatic N) is 2. The van der Waals surface area contributed by atoms with Crippen LogP contribution in [0.2, 0.25) is 5.02 Å². The normalized spacial score (nSPS) is 15.9. The van der Waals surface area contributed by atoms with Crippen molar-refractivity contribution in [2.24, 2.45) is 0 Å². The van der Waals surface area contributed by atoms with Gasteiger partial charge in [-0.1, -0.05) is 48.7 Å². The molecule has 1 aliphatic carbocycles. The molecule has 0 heterocycles. The fraction of sp³-hybridized carbons (Fsp3) is 0.458. The van der Waals surface area contributed by atoms with Gasteiger partial charge in [-0.05, 0) is 69.3 Å². The molecule has 0 radical (unpaired) electrons. The first-order valence-electron chi connectivity index (χ1n) is 10.7. The van der Waals surface area contributed by atoms with Crippen LogP contribution >= 0.6 is 11.6 Å². The Morgan fingerprint density at radius 2 is 1.45 bits per heavy atom. The summed E-state index contributed by atoms with van der Waals surface area (Å²) >= 11 is 5.95. The SMILES string of the molecule is CCN(Cc1ccc(CN(C)C)cc1)C(=O)C1(S(=O)(=O)c2ccc(Cl)cc2)CCCC1. The van der Waals surface area contributed by atoms with E-state index in [2.05, 4.69) is 17.0 Å². The Morgan fingerprint density at radius 3 is 1.94 bits per heavy atom. The van der Waals surface area contributed by atoms with E-state index in [0.29, 0.717) is 31.0 Å². The molecular weight excluding hydrogens is 432 g/mol. The van der Waals surface area contributed by atoms with Gasteiger partial charge in [0.25, 0.3) is 0 Å². The smallest absolute Gasteiger partial charge is 0.244 e. The first-order chi connectivity index (χ1) is 14.7. The van der Waals surface area contributed by atoms with Crippen LogP contribution in [0.25, 0.3) is 0 Å². The van der Waals surface area contributed by atoms with Crippen LogP contribution in [0, 0.1) is 0 Å². The highest BCUT2D eigenvalue weighted by atomic mass is 35.5. The molecule has 0 aromatic heterocycles. The van der Waals surface area contributed by atoms with E-state index >= 15 is 0 Å². The number of sulfone groups is 1. The Morgan fingerprint density at radius 1 is 0.935 bits per heavy atom. The van der Waals surface area contributed by atoms with Crippen LogP contribution < -0.4 is 0 Å². The molecule has 0 saturated heterocycles. The molecule has 0 unspecified atom stereocenters. The lowest BCUT2D eigenvalue weighted by atomic mass is 10.0. The van der Waals surface area contributed by atoms with Gasteiger partial charge in [0.15, 0.2) is 14.6 Å². The summed E-state index contributed by atoms with van der Waals surface area (Å²) in [4.78, 5) is 17.7. The number of amides is 1. The monoisotopic (exact) mass is 462 g/mol. The molecule has 1 amide bonds. The number of carbonyl (C=O) groups is 1. The number of carbonyl (C=O) groups excluding carboxylic acids is 1. The van der Waals surface area contributed by atoms with Gasteiger partial charge < -0.3 is 9.80 Å². The van der Waals surface area contributed by atoms with Crippen molar-refractivity contribution in [3.05, 3.63) is 64.7 Å². The largest absolute Gasteiger partial charge is 0.337 e. The summed E-state index contributed by atoms with van der Waals surface area (Å²) in [6, 6.07) is 14.3. The summed E-state index contributed by atoms with van der Waals surface area (Å²) in [6.45, 7) is 3.60. The van der Waals surface area contributed by atoms with E-state index in [-0.39, 0.29) is 10.8 Å². The minimum atomic E-state index is -3.84. The van der Waals surface area contributed by atoms with Crippen molar-refractivity contribution < 1.29 is 13.2 Å². The van der Waals surface area contributed by atoms with Gasteiger partial charge in [0.2, 0.25) is 5.91 Å². The van der Waals surface area contributed by atoms with Crippen LogP contribution in [0.15, 0.2) is 53.4 Å². The molecule has 1 aliphatic rings. The van der Waals surface area contributed by atoms with Crippen LogP contribution in [0.4, 0.5) is 0 Å². The van der Waals surface area contributed by atoms with Crippen LogP contribution in [-0.2, 0) is 27.7 Å². The molecule has 0 bridgehead atoms. The molecule has 0 spiro atoms. The number of hydrogen-bond acceptors (Lipinski definition) is 4. The first kappa shape index (κ1) is 23.8. The van der Waals surface area contributed by atoms with E-state index in [1.54, 1.807) is 17.0 Å². The van der Waals surface area contributed by atoms with Gasteiger partial charge in [-0.25, -0.2) is 8.42 Å². The van der Waals surface area contributed by atoms with Gasteiger partial charge in [-0.2, -0.15) is 0 Å². The Balaban J connectivity index is 1.88. The Kier molecular flexibility index (Phi) is 7.45. The van der Waals surface area contributed by atoms with E-state index in [9.17, 15) is 13.2 Å².